The molecule has 1 N–H and O–H groups in total. The molecule has 0 aliphatic carbocycles. The van der Waals surface area contributed by atoms with Crippen LogP contribution in [0.5, 0.6) is 0 Å². The largest absolute Gasteiger partial charge is 0.383 e. The maximum Gasteiger partial charge on any atom is 0.131 e. The molecule has 1 aliphatic heterocycles. The van der Waals surface area contributed by atoms with E-state index in [9.17, 15) is 0 Å². The molecular weight excluding hydrogens is 288 g/mol. The van der Waals surface area contributed by atoms with E-state index in [1.54, 1.807) is 13.3 Å². The van der Waals surface area contributed by atoms with Gasteiger partial charge in [0.25, 0.3) is 0 Å². The predicted molar refractivity (Wildman–Crippen MR) is 92.0 cm³/mol. The molecule has 122 valence electrons. The van der Waals surface area contributed by atoms with E-state index in [1.807, 2.05) is 24.4 Å². The van der Waals surface area contributed by atoms with Crippen molar-refractivity contribution in [1.82, 2.24) is 14.9 Å². The van der Waals surface area contributed by atoms with E-state index in [1.165, 1.54) is 18.4 Å². The normalized spacial score (nSPS) is 16.4. The van der Waals surface area contributed by atoms with Crippen LogP contribution in [0.15, 0.2) is 42.7 Å². The Bertz CT molecular complexity index is 597. The second kappa shape index (κ2) is 8.04. The average molecular weight is 312 g/mol. The van der Waals surface area contributed by atoms with E-state index < -0.39 is 0 Å². The summed E-state index contributed by atoms with van der Waals surface area (Å²) >= 11 is 0. The first-order valence-corrected chi connectivity index (χ1v) is 8.20. The van der Waals surface area contributed by atoms with Gasteiger partial charge in [-0.3, -0.25) is 0 Å². The average Bonchev–Trinajstić information content (AvgIpc) is 2.61. The van der Waals surface area contributed by atoms with Gasteiger partial charge in [0.2, 0.25) is 0 Å². The van der Waals surface area contributed by atoms with Crippen LogP contribution in [0.3, 0.4) is 0 Å². The summed E-state index contributed by atoms with van der Waals surface area (Å²) in [6.45, 7) is 4.13. The third kappa shape index (κ3) is 4.50. The molecule has 3 heterocycles. The fourth-order valence-corrected chi connectivity index (χ4v) is 3.05. The van der Waals surface area contributed by atoms with Crippen molar-refractivity contribution in [1.29, 1.82) is 0 Å². The van der Waals surface area contributed by atoms with Gasteiger partial charge in [-0.05, 0) is 61.7 Å². The molecule has 1 aliphatic rings. The summed E-state index contributed by atoms with van der Waals surface area (Å²) in [6, 6.07) is 10.1. The van der Waals surface area contributed by atoms with Crippen LogP contribution in [0, 0.1) is 0 Å². The molecule has 2 aromatic rings. The van der Waals surface area contributed by atoms with E-state index in [4.69, 9.17) is 4.74 Å². The van der Waals surface area contributed by atoms with Crippen LogP contribution in [-0.2, 0) is 4.74 Å². The minimum atomic E-state index is 0.612. The lowest BCUT2D eigenvalue weighted by Gasteiger charge is -2.32. The van der Waals surface area contributed by atoms with Gasteiger partial charge in [0.15, 0.2) is 0 Å². The number of rotatable bonds is 6. The van der Waals surface area contributed by atoms with Crippen LogP contribution < -0.4 is 5.32 Å². The Morgan fingerprint density at radius 2 is 1.96 bits per heavy atom. The van der Waals surface area contributed by atoms with Crippen molar-refractivity contribution in [2.75, 3.05) is 38.7 Å². The summed E-state index contributed by atoms with van der Waals surface area (Å²) in [5.41, 5.74) is 1.37. The standard InChI is InChI=1S/C18H24N4O/c1-23-13-12-22-10-6-15(7-11-22)16-5-9-20-18(14-16)21-17-4-2-3-8-19-17/h2-5,8-9,14-15H,6-7,10-13H2,1H3,(H,19,20,21). The molecule has 0 amide bonds. The molecule has 23 heavy (non-hydrogen) atoms. The highest BCUT2D eigenvalue weighted by Crippen LogP contribution is 2.29. The Labute approximate surface area is 137 Å². The zero-order chi connectivity index (χ0) is 15.9. The van der Waals surface area contributed by atoms with Gasteiger partial charge in [-0.25, -0.2) is 9.97 Å². The third-order valence-electron chi connectivity index (χ3n) is 4.38. The van der Waals surface area contributed by atoms with Crippen molar-refractivity contribution in [2.45, 2.75) is 18.8 Å². The molecular formula is C18H24N4O. The molecule has 0 atom stereocenters. The molecule has 3 rings (SSSR count). The van der Waals surface area contributed by atoms with E-state index in [-0.39, 0.29) is 0 Å². The number of anilines is 2. The fourth-order valence-electron chi connectivity index (χ4n) is 3.05. The topological polar surface area (TPSA) is 50.3 Å². The molecule has 0 unspecified atom stereocenters. The van der Waals surface area contributed by atoms with Crippen molar-refractivity contribution in [3.05, 3.63) is 48.3 Å². The number of pyridine rings is 2. The van der Waals surface area contributed by atoms with Crippen LogP contribution in [-0.4, -0.2) is 48.2 Å². The van der Waals surface area contributed by atoms with Gasteiger partial charge in [-0.1, -0.05) is 6.07 Å². The number of methoxy groups -OCH3 is 1. The fraction of sp³-hybridized carbons (Fsp3) is 0.444. The molecule has 5 nitrogen and oxygen atoms in total. The zero-order valence-corrected chi connectivity index (χ0v) is 13.6. The highest BCUT2D eigenvalue weighted by atomic mass is 16.5. The summed E-state index contributed by atoms with van der Waals surface area (Å²) in [5, 5.41) is 3.27. The second-order valence-electron chi connectivity index (χ2n) is 5.92. The lowest BCUT2D eigenvalue weighted by molar-refractivity contribution is 0.130. The summed E-state index contributed by atoms with van der Waals surface area (Å²) in [6.07, 6.45) is 6.05. The Balaban J connectivity index is 1.60. The molecule has 2 aromatic heterocycles. The number of ether oxygens (including phenoxy) is 1. The molecule has 1 fully saturated rings. The minimum absolute atomic E-state index is 0.612. The molecule has 0 saturated carbocycles. The van der Waals surface area contributed by atoms with Crippen LogP contribution in [0.1, 0.15) is 24.3 Å². The molecule has 0 aromatic carbocycles. The van der Waals surface area contributed by atoms with Gasteiger partial charge in [-0.15, -0.1) is 0 Å². The molecule has 0 bridgehead atoms. The Morgan fingerprint density at radius 1 is 1.13 bits per heavy atom. The Kier molecular flexibility index (Phi) is 5.56. The van der Waals surface area contributed by atoms with Gasteiger partial charge in [0.05, 0.1) is 6.61 Å². The number of hydrogen-bond donors (Lipinski definition) is 1. The van der Waals surface area contributed by atoms with E-state index in [0.29, 0.717) is 5.92 Å². The van der Waals surface area contributed by atoms with Crippen molar-refractivity contribution >= 4 is 11.6 Å². The van der Waals surface area contributed by atoms with Gasteiger partial charge >= 0.3 is 0 Å². The highest BCUT2D eigenvalue weighted by Gasteiger charge is 2.20. The zero-order valence-electron chi connectivity index (χ0n) is 13.6. The Hall–Kier alpha value is -1.98. The van der Waals surface area contributed by atoms with Gasteiger partial charge in [0, 0.05) is 26.0 Å². The predicted octanol–water partition coefficient (Wildman–Crippen LogP) is 3.05. The lowest BCUT2D eigenvalue weighted by Crippen LogP contribution is -2.35. The summed E-state index contributed by atoms with van der Waals surface area (Å²) in [4.78, 5) is 11.2. The van der Waals surface area contributed by atoms with Gasteiger partial charge in [-0.2, -0.15) is 0 Å². The second-order valence-corrected chi connectivity index (χ2v) is 5.92. The summed E-state index contributed by atoms with van der Waals surface area (Å²) in [7, 11) is 1.76. The van der Waals surface area contributed by atoms with E-state index in [2.05, 4.69) is 32.3 Å². The van der Waals surface area contributed by atoms with Gasteiger partial charge < -0.3 is 15.0 Å². The quantitative estimate of drug-likeness (QED) is 0.888. The van der Waals surface area contributed by atoms with Crippen LogP contribution >= 0.6 is 0 Å². The van der Waals surface area contributed by atoms with Crippen molar-refractivity contribution in [3.8, 4) is 0 Å². The SMILES string of the molecule is COCCN1CCC(c2ccnc(Nc3ccccn3)c2)CC1. The van der Waals surface area contributed by atoms with Gasteiger partial charge in [0.1, 0.15) is 11.6 Å². The maximum absolute atomic E-state index is 5.16. The molecule has 0 radical (unpaired) electrons. The first-order chi connectivity index (χ1) is 11.3. The number of piperidine rings is 1. The number of likely N-dealkylation sites (tertiary alicyclic amines) is 1. The van der Waals surface area contributed by atoms with E-state index in [0.717, 1.165) is 37.9 Å². The first-order valence-electron chi connectivity index (χ1n) is 8.20. The first kappa shape index (κ1) is 15.9. The third-order valence-corrected chi connectivity index (χ3v) is 4.38. The monoisotopic (exact) mass is 312 g/mol. The lowest BCUT2D eigenvalue weighted by atomic mass is 9.90. The Morgan fingerprint density at radius 3 is 2.70 bits per heavy atom. The molecule has 5 heteroatoms. The summed E-state index contributed by atoms with van der Waals surface area (Å²) in [5.74, 6) is 2.30. The highest BCUT2D eigenvalue weighted by molar-refractivity contribution is 5.52. The van der Waals surface area contributed by atoms with Crippen LogP contribution in [0.25, 0.3) is 0 Å². The summed E-state index contributed by atoms with van der Waals surface area (Å²) < 4.78 is 5.16. The van der Waals surface area contributed by atoms with Crippen molar-refractivity contribution in [2.24, 2.45) is 0 Å². The number of aromatic nitrogens is 2. The number of nitrogens with zero attached hydrogens (tertiary/aromatic N) is 3. The minimum Gasteiger partial charge on any atom is -0.383 e. The number of nitrogens with one attached hydrogen (secondary N) is 1. The molecule has 1 saturated heterocycles. The van der Waals surface area contributed by atoms with Crippen molar-refractivity contribution < 1.29 is 4.74 Å². The number of hydrogen-bond acceptors (Lipinski definition) is 5. The maximum atomic E-state index is 5.16. The smallest absolute Gasteiger partial charge is 0.131 e. The van der Waals surface area contributed by atoms with Crippen LogP contribution in [0.4, 0.5) is 11.6 Å². The van der Waals surface area contributed by atoms with Crippen molar-refractivity contribution in [3.63, 3.8) is 0 Å². The van der Waals surface area contributed by atoms with Crippen LogP contribution in [0.2, 0.25) is 0 Å². The molecule has 0 spiro atoms. The van der Waals surface area contributed by atoms with E-state index >= 15 is 0 Å².